The van der Waals surface area contributed by atoms with Gasteiger partial charge in [-0.05, 0) is 25.2 Å². The Bertz CT molecular complexity index is 400. The van der Waals surface area contributed by atoms with Crippen molar-refractivity contribution in [3.8, 4) is 5.75 Å². The Morgan fingerprint density at radius 3 is 2.78 bits per heavy atom. The van der Waals surface area contributed by atoms with E-state index < -0.39 is 0 Å². The van der Waals surface area contributed by atoms with E-state index in [1.807, 2.05) is 7.05 Å². The van der Waals surface area contributed by atoms with E-state index in [4.69, 9.17) is 27.9 Å². The summed E-state index contributed by atoms with van der Waals surface area (Å²) in [7, 11) is 1.83. The van der Waals surface area contributed by atoms with Gasteiger partial charge in [0.15, 0.2) is 0 Å². The number of carbonyl (C=O) groups is 1. The minimum atomic E-state index is -0.0460. The van der Waals surface area contributed by atoms with Crippen LogP contribution >= 0.6 is 23.2 Å². The summed E-state index contributed by atoms with van der Waals surface area (Å²) in [5.41, 5.74) is 0. The SMILES string of the molecule is CNCCNC(=O)CCOc1ccc(Cl)cc1Cl. The van der Waals surface area contributed by atoms with E-state index in [1.54, 1.807) is 18.2 Å². The Balaban J connectivity index is 2.26. The van der Waals surface area contributed by atoms with Gasteiger partial charge in [0.2, 0.25) is 5.91 Å². The lowest BCUT2D eigenvalue weighted by Crippen LogP contribution is -2.31. The van der Waals surface area contributed by atoms with E-state index in [0.717, 1.165) is 6.54 Å². The van der Waals surface area contributed by atoms with E-state index >= 15 is 0 Å². The average molecular weight is 291 g/mol. The zero-order valence-corrected chi connectivity index (χ0v) is 11.6. The molecule has 1 aromatic rings. The van der Waals surface area contributed by atoms with Crippen molar-refractivity contribution in [3.63, 3.8) is 0 Å². The highest BCUT2D eigenvalue weighted by Gasteiger charge is 2.04. The van der Waals surface area contributed by atoms with Gasteiger partial charge >= 0.3 is 0 Å². The first-order chi connectivity index (χ1) is 8.63. The number of rotatable bonds is 7. The summed E-state index contributed by atoms with van der Waals surface area (Å²) in [6.45, 7) is 1.64. The molecule has 0 fully saturated rings. The van der Waals surface area contributed by atoms with Crippen LogP contribution in [0, 0.1) is 0 Å². The molecule has 4 nitrogen and oxygen atoms in total. The fourth-order valence-electron chi connectivity index (χ4n) is 1.26. The van der Waals surface area contributed by atoms with Gasteiger partial charge < -0.3 is 15.4 Å². The Morgan fingerprint density at radius 2 is 2.11 bits per heavy atom. The fourth-order valence-corrected chi connectivity index (χ4v) is 1.72. The smallest absolute Gasteiger partial charge is 0.223 e. The summed E-state index contributed by atoms with van der Waals surface area (Å²) in [5.74, 6) is 0.486. The first-order valence-corrected chi connectivity index (χ1v) is 6.38. The molecule has 1 aromatic carbocycles. The van der Waals surface area contributed by atoms with Crippen LogP contribution < -0.4 is 15.4 Å². The summed E-state index contributed by atoms with van der Waals surface area (Å²) in [6, 6.07) is 4.98. The molecule has 0 unspecified atom stereocenters. The van der Waals surface area contributed by atoms with Gasteiger partial charge in [-0.3, -0.25) is 4.79 Å². The van der Waals surface area contributed by atoms with Gasteiger partial charge in [0.1, 0.15) is 5.75 Å². The zero-order valence-electron chi connectivity index (χ0n) is 10.1. The lowest BCUT2D eigenvalue weighted by atomic mass is 10.3. The fraction of sp³-hybridized carbons (Fsp3) is 0.417. The molecule has 0 saturated heterocycles. The number of amides is 1. The highest BCUT2D eigenvalue weighted by molar-refractivity contribution is 6.35. The summed E-state index contributed by atoms with van der Waals surface area (Å²) >= 11 is 11.7. The minimum absolute atomic E-state index is 0.0460. The number of carbonyl (C=O) groups excluding carboxylic acids is 1. The molecule has 1 amide bonds. The van der Waals surface area contributed by atoms with E-state index in [9.17, 15) is 4.79 Å². The second-order valence-corrected chi connectivity index (χ2v) is 4.47. The van der Waals surface area contributed by atoms with Crippen molar-refractivity contribution >= 4 is 29.1 Å². The molecule has 1 rings (SSSR count). The number of hydrogen-bond acceptors (Lipinski definition) is 3. The topological polar surface area (TPSA) is 50.4 Å². The second kappa shape index (κ2) is 8.19. The number of nitrogens with one attached hydrogen (secondary N) is 2. The zero-order chi connectivity index (χ0) is 13.4. The lowest BCUT2D eigenvalue weighted by molar-refractivity contribution is -0.121. The molecule has 100 valence electrons. The van der Waals surface area contributed by atoms with Crippen LogP contribution in [0.15, 0.2) is 18.2 Å². The maximum absolute atomic E-state index is 11.4. The van der Waals surface area contributed by atoms with Crippen molar-refractivity contribution in [2.45, 2.75) is 6.42 Å². The largest absolute Gasteiger partial charge is 0.491 e. The van der Waals surface area contributed by atoms with Crippen molar-refractivity contribution in [1.29, 1.82) is 0 Å². The summed E-state index contributed by atoms with van der Waals surface area (Å²) in [6.07, 6.45) is 0.294. The molecule has 0 bridgehead atoms. The molecular formula is C12H16Cl2N2O2. The third-order valence-electron chi connectivity index (χ3n) is 2.18. The third kappa shape index (κ3) is 5.58. The van der Waals surface area contributed by atoms with Crippen LogP contribution in [0.5, 0.6) is 5.75 Å². The number of ether oxygens (including phenoxy) is 1. The minimum Gasteiger partial charge on any atom is -0.491 e. The molecule has 0 aliphatic heterocycles. The summed E-state index contributed by atoms with van der Waals surface area (Å²) < 4.78 is 5.40. The molecule has 0 heterocycles. The van der Waals surface area contributed by atoms with Gasteiger partial charge in [-0.1, -0.05) is 23.2 Å². The highest BCUT2D eigenvalue weighted by atomic mass is 35.5. The molecular weight excluding hydrogens is 275 g/mol. The van der Waals surface area contributed by atoms with E-state index in [0.29, 0.717) is 28.8 Å². The normalized spacial score (nSPS) is 10.2. The summed E-state index contributed by atoms with van der Waals surface area (Å²) in [5, 5.41) is 6.70. The van der Waals surface area contributed by atoms with Crippen LogP contribution in [0.3, 0.4) is 0 Å². The van der Waals surface area contributed by atoms with Crippen molar-refractivity contribution < 1.29 is 9.53 Å². The molecule has 2 N–H and O–H groups in total. The highest BCUT2D eigenvalue weighted by Crippen LogP contribution is 2.27. The van der Waals surface area contributed by atoms with E-state index in [-0.39, 0.29) is 12.5 Å². The number of likely N-dealkylation sites (N-methyl/N-ethyl adjacent to an activating group) is 1. The molecule has 6 heteroatoms. The van der Waals surface area contributed by atoms with Crippen molar-refractivity contribution in [3.05, 3.63) is 28.2 Å². The van der Waals surface area contributed by atoms with E-state index in [2.05, 4.69) is 10.6 Å². The maximum atomic E-state index is 11.4. The first-order valence-electron chi connectivity index (χ1n) is 5.62. The molecule has 18 heavy (non-hydrogen) atoms. The lowest BCUT2D eigenvalue weighted by Gasteiger charge is -2.08. The number of halogens is 2. The Hall–Kier alpha value is -0.970. The van der Waals surface area contributed by atoms with Gasteiger partial charge in [-0.15, -0.1) is 0 Å². The molecule has 0 aliphatic carbocycles. The molecule has 0 spiro atoms. The van der Waals surface area contributed by atoms with Crippen LogP contribution in [0.1, 0.15) is 6.42 Å². The van der Waals surface area contributed by atoms with Crippen molar-refractivity contribution in [2.75, 3.05) is 26.7 Å². The van der Waals surface area contributed by atoms with Crippen LogP contribution in [-0.2, 0) is 4.79 Å². The van der Waals surface area contributed by atoms with Crippen molar-refractivity contribution in [1.82, 2.24) is 10.6 Å². The molecule has 0 aromatic heterocycles. The molecule has 0 atom stereocenters. The molecule has 0 radical (unpaired) electrons. The van der Waals surface area contributed by atoms with Crippen LogP contribution in [0.4, 0.5) is 0 Å². The van der Waals surface area contributed by atoms with Crippen LogP contribution in [0.25, 0.3) is 0 Å². The molecule has 0 saturated carbocycles. The average Bonchev–Trinajstić information content (AvgIpc) is 2.32. The first kappa shape index (κ1) is 15.1. The second-order valence-electron chi connectivity index (χ2n) is 3.63. The number of hydrogen-bond donors (Lipinski definition) is 2. The predicted molar refractivity (Wildman–Crippen MR) is 73.5 cm³/mol. The van der Waals surface area contributed by atoms with Gasteiger partial charge in [0.05, 0.1) is 18.1 Å². The third-order valence-corrected chi connectivity index (χ3v) is 2.71. The van der Waals surface area contributed by atoms with Crippen LogP contribution in [-0.4, -0.2) is 32.7 Å². The van der Waals surface area contributed by atoms with Gasteiger partial charge in [0, 0.05) is 18.1 Å². The van der Waals surface area contributed by atoms with Crippen molar-refractivity contribution in [2.24, 2.45) is 0 Å². The van der Waals surface area contributed by atoms with Crippen LogP contribution in [0.2, 0.25) is 10.0 Å². The van der Waals surface area contributed by atoms with Gasteiger partial charge in [-0.25, -0.2) is 0 Å². The predicted octanol–water partition coefficient (Wildman–Crippen LogP) is 2.10. The van der Waals surface area contributed by atoms with E-state index in [1.165, 1.54) is 0 Å². The molecule has 0 aliphatic rings. The standard InChI is InChI=1S/C12H16Cl2N2O2/c1-15-5-6-16-12(17)4-7-18-11-3-2-9(13)8-10(11)14/h2-3,8,15H,4-7H2,1H3,(H,16,17). The Morgan fingerprint density at radius 1 is 1.33 bits per heavy atom. The monoisotopic (exact) mass is 290 g/mol. The Labute approximate surface area is 117 Å². The quantitative estimate of drug-likeness (QED) is 0.756. The van der Waals surface area contributed by atoms with Gasteiger partial charge in [0.25, 0.3) is 0 Å². The maximum Gasteiger partial charge on any atom is 0.223 e. The number of benzene rings is 1. The Kier molecular flexibility index (Phi) is 6.86. The summed E-state index contributed by atoms with van der Waals surface area (Å²) in [4.78, 5) is 11.4. The van der Waals surface area contributed by atoms with Gasteiger partial charge in [-0.2, -0.15) is 0 Å².